The van der Waals surface area contributed by atoms with Crippen molar-refractivity contribution >= 4 is 12.2 Å². The summed E-state index contributed by atoms with van der Waals surface area (Å²) in [5.74, 6) is 0. The van der Waals surface area contributed by atoms with E-state index < -0.39 is 0 Å². The van der Waals surface area contributed by atoms with E-state index in [0.717, 1.165) is 6.42 Å². The Labute approximate surface area is 109 Å². The van der Waals surface area contributed by atoms with Crippen molar-refractivity contribution in [3.63, 3.8) is 0 Å². The molecule has 0 bridgehead atoms. The van der Waals surface area contributed by atoms with E-state index >= 15 is 0 Å². The molecule has 0 saturated carbocycles. The molecule has 18 heavy (non-hydrogen) atoms. The van der Waals surface area contributed by atoms with Crippen molar-refractivity contribution in [2.75, 3.05) is 0 Å². The third-order valence-electron chi connectivity index (χ3n) is 2.73. The predicted molar refractivity (Wildman–Crippen MR) is 80.3 cm³/mol. The monoisotopic (exact) mass is 234 g/mol. The zero-order valence-corrected chi connectivity index (χ0v) is 10.7. The van der Waals surface area contributed by atoms with E-state index in [1.807, 2.05) is 6.07 Å². The van der Waals surface area contributed by atoms with Crippen LogP contribution in [0.15, 0.2) is 66.7 Å². The lowest BCUT2D eigenvalue weighted by atomic mass is 10.1. The summed E-state index contributed by atoms with van der Waals surface area (Å²) >= 11 is 0. The van der Waals surface area contributed by atoms with Crippen molar-refractivity contribution < 1.29 is 0 Å². The number of hydrogen-bond acceptors (Lipinski definition) is 0. The summed E-state index contributed by atoms with van der Waals surface area (Å²) in [6.45, 7) is 2.12. The lowest BCUT2D eigenvalue weighted by Crippen LogP contribution is -1.74. The van der Waals surface area contributed by atoms with Gasteiger partial charge in [0.05, 0.1) is 0 Å². The van der Waals surface area contributed by atoms with Crippen LogP contribution in [0.25, 0.3) is 12.2 Å². The number of rotatable bonds is 4. The highest BCUT2D eigenvalue weighted by molar-refractivity contribution is 5.52. The normalized spacial score (nSPS) is 11.4. The lowest BCUT2D eigenvalue weighted by molar-refractivity contribution is 1.41. The first-order valence-corrected chi connectivity index (χ1v) is 6.29. The topological polar surface area (TPSA) is 0 Å². The van der Waals surface area contributed by atoms with Gasteiger partial charge in [-0.15, -0.1) is 0 Å². The van der Waals surface area contributed by atoms with Crippen LogP contribution in [0.5, 0.6) is 0 Å². The number of allylic oxidation sites excluding steroid dienone is 2. The van der Waals surface area contributed by atoms with E-state index in [0.29, 0.717) is 0 Å². The number of aryl methyl sites for hydroxylation is 1. The van der Waals surface area contributed by atoms with Crippen LogP contribution in [0.3, 0.4) is 0 Å². The van der Waals surface area contributed by atoms with Crippen LogP contribution in [0.2, 0.25) is 0 Å². The molecule has 0 unspecified atom stereocenters. The molecule has 0 radical (unpaired) electrons. The van der Waals surface area contributed by atoms with Gasteiger partial charge in [0.2, 0.25) is 0 Å². The van der Waals surface area contributed by atoms with Crippen molar-refractivity contribution in [2.45, 2.75) is 13.3 Å². The number of benzene rings is 2. The molecule has 2 aromatic carbocycles. The van der Waals surface area contributed by atoms with E-state index in [4.69, 9.17) is 0 Å². The number of hydrogen-bond donors (Lipinski definition) is 0. The maximum absolute atomic E-state index is 2.19. The summed E-state index contributed by atoms with van der Waals surface area (Å²) in [6.07, 6.45) is 9.65. The van der Waals surface area contributed by atoms with E-state index in [9.17, 15) is 0 Å². The molecule has 0 aromatic heterocycles. The second-order valence-corrected chi connectivity index (χ2v) is 4.37. The molecule has 0 aliphatic heterocycles. The molecule has 2 aromatic rings. The van der Waals surface area contributed by atoms with Crippen LogP contribution in [0, 0.1) is 6.92 Å². The van der Waals surface area contributed by atoms with Crippen LogP contribution in [-0.4, -0.2) is 0 Å². The van der Waals surface area contributed by atoms with Crippen LogP contribution in [-0.2, 0) is 0 Å². The molecule has 0 nitrogen and oxygen atoms in total. The van der Waals surface area contributed by atoms with Gasteiger partial charge in [-0.25, -0.2) is 0 Å². The average Bonchev–Trinajstić information content (AvgIpc) is 2.40. The van der Waals surface area contributed by atoms with Crippen LogP contribution >= 0.6 is 0 Å². The molecule has 0 fully saturated rings. The quantitative estimate of drug-likeness (QED) is 0.689. The summed E-state index contributed by atoms with van der Waals surface area (Å²) in [7, 11) is 0. The Hall–Kier alpha value is -2.08. The van der Waals surface area contributed by atoms with Gasteiger partial charge in [0, 0.05) is 0 Å². The molecule has 0 heteroatoms. The largest absolute Gasteiger partial charge is 0.0801 e. The summed E-state index contributed by atoms with van der Waals surface area (Å²) in [5, 5.41) is 0. The molecular formula is C18H18. The Balaban J connectivity index is 1.87. The summed E-state index contributed by atoms with van der Waals surface area (Å²) < 4.78 is 0. The van der Waals surface area contributed by atoms with Gasteiger partial charge in [0.25, 0.3) is 0 Å². The Morgan fingerprint density at radius 1 is 0.778 bits per heavy atom. The Kier molecular flexibility index (Phi) is 4.54. The van der Waals surface area contributed by atoms with Crippen molar-refractivity contribution in [2.24, 2.45) is 0 Å². The smallest absolute Gasteiger partial charge is 0.0163 e. The summed E-state index contributed by atoms with van der Waals surface area (Å²) in [6, 6.07) is 18.9. The standard InChI is InChI=1S/C18H18/c1-16-9-8-14-18(15-16)13-7-3-6-12-17-10-4-2-5-11-17/h2,4-15H,3H2,1H3/b12-6+,13-7+. The minimum Gasteiger partial charge on any atom is -0.0801 e. The predicted octanol–water partition coefficient (Wildman–Crippen LogP) is 5.11. The van der Waals surface area contributed by atoms with Crippen LogP contribution in [0.4, 0.5) is 0 Å². The van der Waals surface area contributed by atoms with E-state index in [2.05, 4.69) is 79.8 Å². The zero-order valence-electron chi connectivity index (χ0n) is 10.7. The van der Waals surface area contributed by atoms with Gasteiger partial charge in [0.15, 0.2) is 0 Å². The van der Waals surface area contributed by atoms with Gasteiger partial charge in [-0.3, -0.25) is 0 Å². The molecular weight excluding hydrogens is 216 g/mol. The van der Waals surface area contributed by atoms with Crippen molar-refractivity contribution in [1.29, 1.82) is 0 Å². The maximum atomic E-state index is 2.19. The molecule has 0 amide bonds. The summed E-state index contributed by atoms with van der Waals surface area (Å²) in [4.78, 5) is 0. The highest BCUT2D eigenvalue weighted by Gasteiger charge is 1.86. The molecule has 0 atom stereocenters. The van der Waals surface area contributed by atoms with Gasteiger partial charge in [0.1, 0.15) is 0 Å². The van der Waals surface area contributed by atoms with E-state index in [1.165, 1.54) is 16.7 Å². The van der Waals surface area contributed by atoms with Crippen LogP contribution in [0.1, 0.15) is 23.1 Å². The van der Waals surface area contributed by atoms with Gasteiger partial charge in [-0.2, -0.15) is 0 Å². The van der Waals surface area contributed by atoms with Crippen molar-refractivity contribution in [1.82, 2.24) is 0 Å². The van der Waals surface area contributed by atoms with Gasteiger partial charge in [-0.1, -0.05) is 84.5 Å². The second kappa shape index (κ2) is 6.61. The third kappa shape index (κ3) is 4.06. The molecule has 2 rings (SSSR count). The first kappa shape index (κ1) is 12.4. The first-order chi connectivity index (χ1) is 8.84. The highest BCUT2D eigenvalue weighted by Crippen LogP contribution is 2.07. The molecule has 0 saturated heterocycles. The Bertz CT molecular complexity index is 533. The van der Waals surface area contributed by atoms with Crippen molar-refractivity contribution in [3.8, 4) is 0 Å². The third-order valence-corrected chi connectivity index (χ3v) is 2.73. The second-order valence-electron chi connectivity index (χ2n) is 4.37. The molecule has 0 N–H and O–H groups in total. The van der Waals surface area contributed by atoms with Gasteiger partial charge in [-0.05, 0) is 24.5 Å². The lowest BCUT2D eigenvalue weighted by Gasteiger charge is -1.94. The maximum Gasteiger partial charge on any atom is -0.0163 e. The van der Waals surface area contributed by atoms with E-state index in [-0.39, 0.29) is 0 Å². The Morgan fingerprint density at radius 3 is 2.17 bits per heavy atom. The minimum absolute atomic E-state index is 0.961. The van der Waals surface area contributed by atoms with Crippen LogP contribution < -0.4 is 0 Å². The molecule has 90 valence electrons. The Morgan fingerprint density at radius 2 is 1.44 bits per heavy atom. The molecule has 0 heterocycles. The van der Waals surface area contributed by atoms with Gasteiger partial charge >= 0.3 is 0 Å². The zero-order chi connectivity index (χ0) is 12.6. The average molecular weight is 234 g/mol. The summed E-state index contributed by atoms with van der Waals surface area (Å²) in [5.41, 5.74) is 3.82. The molecule has 0 spiro atoms. The minimum atomic E-state index is 0.961. The highest BCUT2D eigenvalue weighted by atomic mass is 13.9. The fourth-order valence-electron chi connectivity index (χ4n) is 1.82. The molecule has 0 aliphatic rings. The molecule has 0 aliphatic carbocycles. The van der Waals surface area contributed by atoms with E-state index in [1.54, 1.807) is 0 Å². The first-order valence-electron chi connectivity index (χ1n) is 6.29. The SMILES string of the molecule is Cc1cccc(/C=C/C/C=C/c2ccccc2)c1. The fourth-order valence-corrected chi connectivity index (χ4v) is 1.82. The fraction of sp³-hybridized carbons (Fsp3) is 0.111. The van der Waals surface area contributed by atoms with Crippen molar-refractivity contribution in [3.05, 3.63) is 83.4 Å². The van der Waals surface area contributed by atoms with Gasteiger partial charge < -0.3 is 0 Å².